The van der Waals surface area contributed by atoms with E-state index in [1.807, 2.05) is 24.3 Å². The van der Waals surface area contributed by atoms with Crippen molar-refractivity contribution >= 4 is 43.2 Å². The van der Waals surface area contributed by atoms with Gasteiger partial charge in [-0.15, -0.1) is 0 Å². The third kappa shape index (κ3) is 3.78. The van der Waals surface area contributed by atoms with Gasteiger partial charge in [0.25, 0.3) is 5.69 Å². The number of nitro benzene ring substituents is 1. The molecular weight excluding hydrogens is 376 g/mol. The van der Waals surface area contributed by atoms with Crippen molar-refractivity contribution in [2.24, 2.45) is 0 Å². The minimum Gasteiger partial charge on any atom is -0.380 e. The zero-order valence-electron chi connectivity index (χ0n) is 9.77. The van der Waals surface area contributed by atoms with Crippen molar-refractivity contribution in [2.45, 2.75) is 6.54 Å². The van der Waals surface area contributed by atoms with Crippen LogP contribution in [0.15, 0.2) is 51.4 Å². The number of halogens is 2. The van der Waals surface area contributed by atoms with Crippen molar-refractivity contribution in [1.29, 1.82) is 0 Å². The molecule has 2 rings (SSSR count). The second-order valence-corrected chi connectivity index (χ2v) is 5.67. The molecule has 2 aromatic carbocycles. The smallest absolute Gasteiger partial charge is 0.270 e. The van der Waals surface area contributed by atoms with Gasteiger partial charge in [0.2, 0.25) is 0 Å². The van der Waals surface area contributed by atoms with E-state index in [2.05, 4.69) is 37.2 Å². The van der Waals surface area contributed by atoms with Crippen molar-refractivity contribution < 1.29 is 4.92 Å². The van der Waals surface area contributed by atoms with E-state index in [1.165, 1.54) is 12.1 Å². The summed E-state index contributed by atoms with van der Waals surface area (Å²) in [6, 6.07) is 12.6. The molecule has 0 bridgehead atoms. The highest BCUT2D eigenvalue weighted by Gasteiger charge is 2.08. The van der Waals surface area contributed by atoms with Crippen LogP contribution in [0.3, 0.4) is 0 Å². The summed E-state index contributed by atoms with van der Waals surface area (Å²) < 4.78 is 1.71. The molecule has 0 unspecified atom stereocenters. The summed E-state index contributed by atoms with van der Waals surface area (Å²) in [5.74, 6) is 0. The van der Waals surface area contributed by atoms with Crippen LogP contribution in [0.5, 0.6) is 0 Å². The first-order chi connectivity index (χ1) is 9.06. The third-order valence-electron chi connectivity index (χ3n) is 2.56. The van der Waals surface area contributed by atoms with Crippen molar-refractivity contribution in [3.63, 3.8) is 0 Å². The SMILES string of the molecule is O=[N+]([O-])c1ccc(NCc2ccc(Br)cc2)c(Br)c1. The summed E-state index contributed by atoms with van der Waals surface area (Å²) in [7, 11) is 0. The second-order valence-electron chi connectivity index (χ2n) is 3.90. The monoisotopic (exact) mass is 384 g/mol. The van der Waals surface area contributed by atoms with Crippen LogP contribution in [0.2, 0.25) is 0 Å². The first-order valence-corrected chi connectivity index (χ1v) is 7.07. The maximum Gasteiger partial charge on any atom is 0.270 e. The van der Waals surface area contributed by atoms with Gasteiger partial charge in [0.15, 0.2) is 0 Å². The van der Waals surface area contributed by atoms with E-state index in [0.29, 0.717) is 11.0 Å². The number of non-ortho nitro benzene ring substituents is 1. The molecule has 0 saturated carbocycles. The Morgan fingerprint density at radius 3 is 2.37 bits per heavy atom. The highest BCUT2D eigenvalue weighted by atomic mass is 79.9. The van der Waals surface area contributed by atoms with Gasteiger partial charge in [0, 0.05) is 33.3 Å². The summed E-state index contributed by atoms with van der Waals surface area (Å²) in [5, 5.41) is 13.9. The number of benzene rings is 2. The molecule has 0 spiro atoms. The van der Waals surface area contributed by atoms with E-state index in [4.69, 9.17) is 0 Å². The number of nitrogens with one attached hydrogen (secondary N) is 1. The normalized spacial score (nSPS) is 10.2. The van der Waals surface area contributed by atoms with Crippen LogP contribution in [-0.2, 0) is 6.54 Å². The highest BCUT2D eigenvalue weighted by molar-refractivity contribution is 9.10. The average Bonchev–Trinajstić information content (AvgIpc) is 2.39. The molecule has 0 aliphatic rings. The van der Waals surface area contributed by atoms with Gasteiger partial charge in [-0.3, -0.25) is 10.1 Å². The van der Waals surface area contributed by atoms with E-state index < -0.39 is 4.92 Å². The largest absolute Gasteiger partial charge is 0.380 e. The Morgan fingerprint density at radius 1 is 1.11 bits per heavy atom. The Kier molecular flexibility index (Phi) is 4.55. The lowest BCUT2D eigenvalue weighted by molar-refractivity contribution is -0.384. The predicted molar refractivity (Wildman–Crippen MR) is 82.3 cm³/mol. The molecule has 1 N–H and O–H groups in total. The molecule has 0 saturated heterocycles. The van der Waals surface area contributed by atoms with Crippen molar-refractivity contribution in [3.05, 3.63) is 67.1 Å². The minimum absolute atomic E-state index is 0.0704. The molecule has 0 radical (unpaired) electrons. The minimum atomic E-state index is -0.413. The molecular formula is C13H10Br2N2O2. The maximum absolute atomic E-state index is 10.6. The molecule has 0 atom stereocenters. The van der Waals surface area contributed by atoms with Gasteiger partial charge in [-0.05, 0) is 39.7 Å². The Hall–Kier alpha value is -1.40. The van der Waals surface area contributed by atoms with Gasteiger partial charge >= 0.3 is 0 Å². The standard InChI is InChI=1S/C13H10Br2N2O2/c14-10-3-1-9(2-4-10)8-16-13-6-5-11(17(18)19)7-12(13)15/h1-7,16H,8H2. The number of hydrogen-bond donors (Lipinski definition) is 1. The van der Waals surface area contributed by atoms with E-state index in [9.17, 15) is 10.1 Å². The topological polar surface area (TPSA) is 55.2 Å². The number of nitro groups is 1. The van der Waals surface area contributed by atoms with Crippen LogP contribution < -0.4 is 5.32 Å². The fourth-order valence-electron chi connectivity index (χ4n) is 1.56. The molecule has 0 aromatic heterocycles. The Balaban J connectivity index is 2.07. The summed E-state index contributed by atoms with van der Waals surface area (Å²) in [6.07, 6.45) is 0. The van der Waals surface area contributed by atoms with E-state index in [-0.39, 0.29) is 5.69 Å². The van der Waals surface area contributed by atoms with Crippen molar-refractivity contribution in [2.75, 3.05) is 5.32 Å². The molecule has 19 heavy (non-hydrogen) atoms. The lowest BCUT2D eigenvalue weighted by atomic mass is 10.2. The van der Waals surface area contributed by atoms with Crippen LogP contribution in [0.25, 0.3) is 0 Å². The Labute approximate surface area is 127 Å². The van der Waals surface area contributed by atoms with Gasteiger partial charge in [-0.1, -0.05) is 28.1 Å². The third-order valence-corrected chi connectivity index (χ3v) is 3.74. The van der Waals surface area contributed by atoms with Crippen molar-refractivity contribution in [3.8, 4) is 0 Å². The van der Waals surface area contributed by atoms with Crippen molar-refractivity contribution in [1.82, 2.24) is 0 Å². The van der Waals surface area contributed by atoms with Gasteiger partial charge in [-0.25, -0.2) is 0 Å². The fourth-order valence-corrected chi connectivity index (χ4v) is 2.33. The highest BCUT2D eigenvalue weighted by Crippen LogP contribution is 2.27. The fraction of sp³-hybridized carbons (Fsp3) is 0.0769. The summed E-state index contributed by atoms with van der Waals surface area (Å²) in [4.78, 5) is 10.2. The first-order valence-electron chi connectivity index (χ1n) is 5.48. The molecule has 0 aliphatic heterocycles. The molecule has 0 amide bonds. The van der Waals surface area contributed by atoms with Crippen LogP contribution in [0.4, 0.5) is 11.4 Å². The number of nitrogens with zero attached hydrogens (tertiary/aromatic N) is 1. The lowest BCUT2D eigenvalue weighted by Crippen LogP contribution is -2.00. The molecule has 0 heterocycles. The van der Waals surface area contributed by atoms with Gasteiger partial charge < -0.3 is 5.32 Å². The predicted octanol–water partition coefficient (Wildman–Crippen LogP) is 4.73. The molecule has 4 nitrogen and oxygen atoms in total. The molecule has 0 aliphatic carbocycles. The van der Waals surface area contributed by atoms with Crippen LogP contribution in [0.1, 0.15) is 5.56 Å². The van der Waals surface area contributed by atoms with E-state index >= 15 is 0 Å². The molecule has 98 valence electrons. The zero-order chi connectivity index (χ0) is 13.8. The van der Waals surface area contributed by atoms with Crippen LogP contribution >= 0.6 is 31.9 Å². The van der Waals surface area contributed by atoms with E-state index in [0.717, 1.165) is 15.7 Å². The van der Waals surface area contributed by atoms with Gasteiger partial charge in [0.05, 0.1) is 4.92 Å². The number of anilines is 1. The van der Waals surface area contributed by atoms with E-state index in [1.54, 1.807) is 6.07 Å². The quantitative estimate of drug-likeness (QED) is 0.611. The molecule has 0 fully saturated rings. The zero-order valence-corrected chi connectivity index (χ0v) is 12.9. The summed E-state index contributed by atoms with van der Waals surface area (Å²) in [5.41, 5.74) is 2.03. The Bertz CT molecular complexity index is 600. The van der Waals surface area contributed by atoms with Crippen LogP contribution in [0, 0.1) is 10.1 Å². The van der Waals surface area contributed by atoms with Gasteiger partial charge in [0.1, 0.15) is 0 Å². The van der Waals surface area contributed by atoms with Crippen LogP contribution in [-0.4, -0.2) is 4.92 Å². The summed E-state index contributed by atoms with van der Waals surface area (Å²) in [6.45, 7) is 0.656. The van der Waals surface area contributed by atoms with Gasteiger partial charge in [-0.2, -0.15) is 0 Å². The molecule has 6 heteroatoms. The second kappa shape index (κ2) is 6.16. The Morgan fingerprint density at radius 2 is 1.79 bits per heavy atom. The summed E-state index contributed by atoms with van der Waals surface area (Å²) >= 11 is 6.71. The lowest BCUT2D eigenvalue weighted by Gasteiger charge is -2.08. The first kappa shape index (κ1) is 14.0. The average molecular weight is 386 g/mol. The maximum atomic E-state index is 10.6. The number of rotatable bonds is 4. The molecule has 2 aromatic rings. The number of hydrogen-bond acceptors (Lipinski definition) is 3.